The molecule has 0 spiro atoms. The number of methoxy groups -OCH3 is 2. The standard InChI is InChI=1S/C22H30N2O3/c1-16(2)18-7-9-19(10-8-18)23-22(25)15-24(3)13-12-17-6-11-20(26-4)21(14-17)27-5/h6-11,14,16H,12-13,15H2,1-5H3,(H,23,25). The Morgan fingerprint density at radius 3 is 2.30 bits per heavy atom. The number of anilines is 1. The lowest BCUT2D eigenvalue weighted by Crippen LogP contribution is -2.31. The van der Waals surface area contributed by atoms with Gasteiger partial charge in [0.1, 0.15) is 0 Å². The van der Waals surface area contributed by atoms with Gasteiger partial charge >= 0.3 is 0 Å². The molecule has 0 unspecified atom stereocenters. The Morgan fingerprint density at radius 2 is 1.70 bits per heavy atom. The maximum Gasteiger partial charge on any atom is 0.238 e. The van der Waals surface area contributed by atoms with Crippen LogP contribution < -0.4 is 14.8 Å². The number of hydrogen-bond acceptors (Lipinski definition) is 4. The van der Waals surface area contributed by atoms with Crippen LogP contribution in [0.15, 0.2) is 42.5 Å². The summed E-state index contributed by atoms with van der Waals surface area (Å²) in [7, 11) is 5.20. The van der Waals surface area contributed by atoms with Gasteiger partial charge in [-0.1, -0.05) is 32.0 Å². The Hall–Kier alpha value is -2.53. The number of carbonyl (C=O) groups is 1. The summed E-state index contributed by atoms with van der Waals surface area (Å²) in [5.74, 6) is 1.91. The molecule has 146 valence electrons. The number of ether oxygens (including phenoxy) is 2. The fourth-order valence-electron chi connectivity index (χ4n) is 2.83. The number of hydrogen-bond donors (Lipinski definition) is 1. The van der Waals surface area contributed by atoms with E-state index in [4.69, 9.17) is 9.47 Å². The summed E-state index contributed by atoms with van der Waals surface area (Å²) < 4.78 is 10.6. The van der Waals surface area contributed by atoms with Crippen molar-refractivity contribution in [1.29, 1.82) is 0 Å². The number of nitrogens with one attached hydrogen (secondary N) is 1. The Balaban J connectivity index is 1.82. The van der Waals surface area contributed by atoms with Crippen molar-refractivity contribution in [3.05, 3.63) is 53.6 Å². The second-order valence-corrected chi connectivity index (χ2v) is 7.00. The molecule has 0 saturated carbocycles. The van der Waals surface area contributed by atoms with Crippen molar-refractivity contribution in [2.45, 2.75) is 26.2 Å². The number of rotatable bonds is 9. The van der Waals surface area contributed by atoms with Crippen molar-refractivity contribution in [1.82, 2.24) is 4.90 Å². The Bertz CT molecular complexity index is 742. The van der Waals surface area contributed by atoms with Crippen LogP contribution >= 0.6 is 0 Å². The van der Waals surface area contributed by atoms with Crippen LogP contribution in [0, 0.1) is 0 Å². The second kappa shape index (κ2) is 9.97. The van der Waals surface area contributed by atoms with Crippen LogP contribution in [0.2, 0.25) is 0 Å². The molecule has 27 heavy (non-hydrogen) atoms. The molecular formula is C22H30N2O3. The number of benzene rings is 2. The minimum absolute atomic E-state index is 0.0119. The van der Waals surface area contributed by atoms with Crippen molar-refractivity contribution in [3.8, 4) is 11.5 Å². The molecule has 0 atom stereocenters. The second-order valence-electron chi connectivity index (χ2n) is 7.00. The van der Waals surface area contributed by atoms with Gasteiger partial charge in [-0.15, -0.1) is 0 Å². The lowest BCUT2D eigenvalue weighted by Gasteiger charge is -2.17. The molecule has 0 aliphatic rings. The van der Waals surface area contributed by atoms with Crippen molar-refractivity contribution < 1.29 is 14.3 Å². The van der Waals surface area contributed by atoms with Crippen molar-refractivity contribution in [3.63, 3.8) is 0 Å². The molecule has 2 aromatic carbocycles. The van der Waals surface area contributed by atoms with E-state index in [0.717, 1.165) is 35.7 Å². The third kappa shape index (κ3) is 6.29. The number of amides is 1. The Morgan fingerprint density at radius 1 is 1.04 bits per heavy atom. The summed E-state index contributed by atoms with van der Waals surface area (Å²) in [5.41, 5.74) is 3.24. The van der Waals surface area contributed by atoms with Crippen LogP contribution in [0.5, 0.6) is 11.5 Å². The van der Waals surface area contributed by atoms with Gasteiger partial charge in [-0.25, -0.2) is 0 Å². The molecule has 5 nitrogen and oxygen atoms in total. The van der Waals surface area contributed by atoms with E-state index in [0.29, 0.717) is 12.5 Å². The predicted molar refractivity (Wildman–Crippen MR) is 110 cm³/mol. The fourth-order valence-corrected chi connectivity index (χ4v) is 2.83. The van der Waals surface area contributed by atoms with Crippen molar-refractivity contribution in [2.75, 3.05) is 39.7 Å². The molecule has 0 aliphatic heterocycles. The van der Waals surface area contributed by atoms with Gasteiger partial charge < -0.3 is 14.8 Å². The normalized spacial score (nSPS) is 10.9. The van der Waals surface area contributed by atoms with E-state index in [1.54, 1.807) is 14.2 Å². The topological polar surface area (TPSA) is 50.8 Å². The van der Waals surface area contributed by atoms with E-state index in [-0.39, 0.29) is 5.91 Å². The van der Waals surface area contributed by atoms with E-state index in [1.807, 2.05) is 42.3 Å². The maximum absolute atomic E-state index is 12.2. The first-order chi connectivity index (χ1) is 12.9. The van der Waals surface area contributed by atoms with Crippen LogP contribution in [-0.2, 0) is 11.2 Å². The predicted octanol–water partition coefficient (Wildman–Crippen LogP) is 3.94. The Kier molecular flexibility index (Phi) is 7.67. The summed E-state index contributed by atoms with van der Waals surface area (Å²) in [6, 6.07) is 13.9. The first-order valence-corrected chi connectivity index (χ1v) is 9.22. The zero-order valence-electron chi connectivity index (χ0n) is 16.9. The molecule has 1 N–H and O–H groups in total. The van der Waals surface area contributed by atoms with E-state index in [2.05, 4.69) is 31.3 Å². The zero-order chi connectivity index (χ0) is 19.8. The lowest BCUT2D eigenvalue weighted by molar-refractivity contribution is -0.117. The van der Waals surface area contributed by atoms with E-state index < -0.39 is 0 Å². The molecule has 1 amide bonds. The van der Waals surface area contributed by atoms with Crippen LogP contribution in [0.25, 0.3) is 0 Å². The van der Waals surface area contributed by atoms with Gasteiger partial charge in [0, 0.05) is 12.2 Å². The average molecular weight is 370 g/mol. The highest BCUT2D eigenvalue weighted by atomic mass is 16.5. The van der Waals surface area contributed by atoms with Crippen molar-refractivity contribution >= 4 is 11.6 Å². The maximum atomic E-state index is 12.2. The Labute approximate surface area is 162 Å². The number of likely N-dealkylation sites (N-methyl/N-ethyl adjacent to an activating group) is 1. The third-order valence-electron chi connectivity index (χ3n) is 4.50. The van der Waals surface area contributed by atoms with E-state index in [9.17, 15) is 4.79 Å². The molecule has 0 aliphatic carbocycles. The van der Waals surface area contributed by atoms with E-state index >= 15 is 0 Å². The van der Waals surface area contributed by atoms with Gasteiger partial charge in [0.25, 0.3) is 0 Å². The van der Waals surface area contributed by atoms with Crippen LogP contribution in [0.4, 0.5) is 5.69 Å². The summed E-state index contributed by atoms with van der Waals surface area (Å²) >= 11 is 0. The smallest absolute Gasteiger partial charge is 0.238 e. The van der Waals surface area contributed by atoms with Crippen LogP contribution in [-0.4, -0.2) is 45.2 Å². The summed E-state index contributed by atoms with van der Waals surface area (Å²) in [6.07, 6.45) is 0.827. The van der Waals surface area contributed by atoms with Gasteiger partial charge in [-0.05, 0) is 54.8 Å². The molecule has 0 radical (unpaired) electrons. The lowest BCUT2D eigenvalue weighted by atomic mass is 10.0. The number of carbonyl (C=O) groups excluding carboxylic acids is 1. The first kappa shape index (κ1) is 20.8. The highest BCUT2D eigenvalue weighted by Crippen LogP contribution is 2.27. The van der Waals surface area contributed by atoms with Crippen LogP contribution in [0.3, 0.4) is 0 Å². The third-order valence-corrected chi connectivity index (χ3v) is 4.50. The quantitative estimate of drug-likeness (QED) is 0.726. The molecular weight excluding hydrogens is 340 g/mol. The average Bonchev–Trinajstić information content (AvgIpc) is 2.66. The van der Waals surface area contributed by atoms with Crippen LogP contribution in [0.1, 0.15) is 30.9 Å². The highest BCUT2D eigenvalue weighted by Gasteiger charge is 2.09. The van der Waals surface area contributed by atoms with Gasteiger partial charge in [-0.3, -0.25) is 9.69 Å². The molecule has 0 fully saturated rings. The largest absolute Gasteiger partial charge is 0.493 e. The molecule has 5 heteroatoms. The SMILES string of the molecule is COc1ccc(CCN(C)CC(=O)Nc2ccc(C(C)C)cc2)cc1OC. The number of nitrogens with zero attached hydrogens (tertiary/aromatic N) is 1. The van der Waals surface area contributed by atoms with Gasteiger partial charge in [0.05, 0.1) is 20.8 Å². The zero-order valence-corrected chi connectivity index (χ0v) is 16.9. The minimum Gasteiger partial charge on any atom is -0.493 e. The van der Waals surface area contributed by atoms with Crippen molar-refractivity contribution in [2.24, 2.45) is 0 Å². The van der Waals surface area contributed by atoms with Gasteiger partial charge in [-0.2, -0.15) is 0 Å². The van der Waals surface area contributed by atoms with Gasteiger partial charge in [0.2, 0.25) is 5.91 Å². The molecule has 2 aromatic rings. The summed E-state index contributed by atoms with van der Waals surface area (Å²) in [5, 5.41) is 2.95. The molecule has 0 aromatic heterocycles. The summed E-state index contributed by atoms with van der Waals surface area (Å²) in [6.45, 7) is 5.43. The minimum atomic E-state index is -0.0119. The van der Waals surface area contributed by atoms with E-state index in [1.165, 1.54) is 5.56 Å². The molecule has 2 rings (SSSR count). The summed E-state index contributed by atoms with van der Waals surface area (Å²) in [4.78, 5) is 14.3. The molecule has 0 saturated heterocycles. The molecule has 0 bridgehead atoms. The highest BCUT2D eigenvalue weighted by molar-refractivity contribution is 5.92. The monoisotopic (exact) mass is 370 g/mol. The fraction of sp³-hybridized carbons (Fsp3) is 0.409. The molecule has 0 heterocycles. The first-order valence-electron chi connectivity index (χ1n) is 9.22. The van der Waals surface area contributed by atoms with Gasteiger partial charge in [0.15, 0.2) is 11.5 Å².